The fourth-order valence-corrected chi connectivity index (χ4v) is 2.45. The van der Waals surface area contributed by atoms with Crippen molar-refractivity contribution in [1.82, 2.24) is 9.97 Å². The van der Waals surface area contributed by atoms with Crippen LogP contribution in [-0.4, -0.2) is 34.7 Å². The number of aromatic hydroxyl groups is 1. The zero-order valence-corrected chi connectivity index (χ0v) is 14.2. The van der Waals surface area contributed by atoms with E-state index in [0.717, 1.165) is 0 Å². The smallest absolute Gasteiger partial charge is 0.250 e. The summed E-state index contributed by atoms with van der Waals surface area (Å²) in [5.74, 6) is -0.422. The van der Waals surface area contributed by atoms with Crippen LogP contribution in [-0.2, 0) is 9.53 Å². The molecule has 3 N–H and O–H groups in total. The molecular weight excluding hydrogens is 339 g/mol. The van der Waals surface area contributed by atoms with Gasteiger partial charge in [-0.1, -0.05) is 0 Å². The average Bonchev–Trinajstić information content (AvgIpc) is 2.60. The third-order valence-corrected chi connectivity index (χ3v) is 3.73. The molecule has 8 heteroatoms. The Bertz CT molecular complexity index is 978. The Balaban J connectivity index is 1.93. The van der Waals surface area contributed by atoms with Gasteiger partial charge >= 0.3 is 0 Å². The first-order valence-corrected chi connectivity index (χ1v) is 7.77. The number of nitrogens with zero attached hydrogens (tertiary/aromatic N) is 2. The highest BCUT2D eigenvalue weighted by Crippen LogP contribution is 2.30. The van der Waals surface area contributed by atoms with Crippen molar-refractivity contribution < 1.29 is 19.0 Å². The van der Waals surface area contributed by atoms with E-state index in [2.05, 4.69) is 20.6 Å². The Morgan fingerprint density at radius 2 is 2.08 bits per heavy atom. The lowest BCUT2D eigenvalue weighted by Gasteiger charge is -2.11. The Morgan fingerprint density at radius 3 is 2.85 bits per heavy atom. The zero-order valence-electron chi connectivity index (χ0n) is 14.2. The molecule has 26 heavy (non-hydrogen) atoms. The monoisotopic (exact) mass is 356 g/mol. The molecule has 0 fully saturated rings. The number of amides is 1. The van der Waals surface area contributed by atoms with Crippen molar-refractivity contribution >= 4 is 34.0 Å². The van der Waals surface area contributed by atoms with Crippen molar-refractivity contribution in [1.29, 1.82) is 0 Å². The Kier molecular flexibility index (Phi) is 4.94. The van der Waals surface area contributed by atoms with Crippen LogP contribution in [0.1, 0.15) is 5.56 Å². The van der Waals surface area contributed by atoms with Gasteiger partial charge in [0.25, 0.3) is 0 Å². The maximum atomic E-state index is 14.1. The third-order valence-electron chi connectivity index (χ3n) is 3.73. The van der Waals surface area contributed by atoms with E-state index < -0.39 is 5.82 Å². The maximum absolute atomic E-state index is 14.1. The summed E-state index contributed by atoms with van der Waals surface area (Å²) in [5.41, 5.74) is 1.67. The fourth-order valence-electron chi connectivity index (χ4n) is 2.45. The minimum absolute atomic E-state index is 0.0181. The molecule has 1 amide bonds. The molecule has 0 aliphatic rings. The van der Waals surface area contributed by atoms with Crippen LogP contribution < -0.4 is 10.6 Å². The lowest BCUT2D eigenvalue weighted by atomic mass is 10.1. The summed E-state index contributed by atoms with van der Waals surface area (Å²) in [5, 5.41) is 16.0. The molecule has 0 spiro atoms. The number of methoxy groups -OCH3 is 1. The highest BCUT2D eigenvalue weighted by Gasteiger charge is 2.11. The maximum Gasteiger partial charge on any atom is 0.250 e. The van der Waals surface area contributed by atoms with Gasteiger partial charge in [0.2, 0.25) is 5.91 Å². The summed E-state index contributed by atoms with van der Waals surface area (Å²) in [7, 11) is 1.44. The van der Waals surface area contributed by atoms with Crippen LogP contribution in [0.5, 0.6) is 5.75 Å². The lowest BCUT2D eigenvalue weighted by Crippen LogP contribution is -2.17. The number of fused-ring (bicyclic) bond motifs is 1. The molecule has 3 rings (SSSR count). The number of benzene rings is 2. The Labute approximate surface area is 148 Å². The van der Waals surface area contributed by atoms with Crippen molar-refractivity contribution in [3.8, 4) is 5.75 Å². The molecule has 0 radical (unpaired) electrons. The number of anilines is 3. The van der Waals surface area contributed by atoms with Gasteiger partial charge in [-0.15, -0.1) is 0 Å². The first-order valence-electron chi connectivity index (χ1n) is 7.77. The average molecular weight is 356 g/mol. The lowest BCUT2D eigenvalue weighted by molar-refractivity contribution is -0.119. The van der Waals surface area contributed by atoms with Crippen molar-refractivity contribution in [2.45, 2.75) is 6.92 Å². The zero-order chi connectivity index (χ0) is 18.7. The summed E-state index contributed by atoms with van der Waals surface area (Å²) in [4.78, 5) is 19.9. The van der Waals surface area contributed by atoms with Gasteiger partial charge in [-0.2, -0.15) is 0 Å². The highest BCUT2D eigenvalue weighted by atomic mass is 19.1. The van der Waals surface area contributed by atoms with Crippen LogP contribution >= 0.6 is 0 Å². The fraction of sp³-hybridized carbons (Fsp3) is 0.167. The van der Waals surface area contributed by atoms with Crippen LogP contribution in [0.2, 0.25) is 0 Å². The van der Waals surface area contributed by atoms with Crippen LogP contribution in [0.25, 0.3) is 10.9 Å². The van der Waals surface area contributed by atoms with Crippen LogP contribution in [0.3, 0.4) is 0 Å². The number of ether oxygens (including phenoxy) is 1. The number of carbonyl (C=O) groups excluding carboxylic acids is 1. The number of carbonyl (C=O) groups is 1. The molecule has 0 unspecified atom stereocenters. The van der Waals surface area contributed by atoms with Crippen LogP contribution in [0, 0.1) is 12.7 Å². The molecule has 7 nitrogen and oxygen atoms in total. The van der Waals surface area contributed by atoms with Crippen LogP contribution in [0.15, 0.2) is 36.7 Å². The molecule has 134 valence electrons. The predicted octanol–water partition coefficient (Wildman–Crippen LogP) is 3.11. The van der Waals surface area contributed by atoms with Gasteiger partial charge in [0, 0.05) is 24.2 Å². The number of halogens is 1. The minimum Gasteiger partial charge on any atom is -0.508 e. The molecular formula is C18H17FN4O3. The predicted molar refractivity (Wildman–Crippen MR) is 96.1 cm³/mol. The van der Waals surface area contributed by atoms with Crippen molar-refractivity contribution in [2.24, 2.45) is 0 Å². The van der Waals surface area contributed by atoms with E-state index in [1.54, 1.807) is 25.1 Å². The largest absolute Gasteiger partial charge is 0.508 e. The number of rotatable bonds is 5. The van der Waals surface area contributed by atoms with E-state index in [-0.39, 0.29) is 24.0 Å². The SMILES string of the molecule is COCC(=O)Nc1ccc2c(Nc3cc(O)c(C)cc3F)ncnc2c1. The molecule has 0 atom stereocenters. The second-order valence-corrected chi connectivity index (χ2v) is 5.68. The van der Waals surface area contributed by atoms with E-state index in [9.17, 15) is 14.3 Å². The minimum atomic E-state index is -0.504. The summed E-state index contributed by atoms with van der Waals surface area (Å²) >= 11 is 0. The van der Waals surface area contributed by atoms with Crippen LogP contribution in [0.4, 0.5) is 21.6 Å². The van der Waals surface area contributed by atoms with E-state index >= 15 is 0 Å². The number of hydrogen-bond acceptors (Lipinski definition) is 6. The van der Waals surface area contributed by atoms with Gasteiger partial charge in [0.1, 0.15) is 30.3 Å². The van der Waals surface area contributed by atoms with E-state index in [4.69, 9.17) is 4.74 Å². The van der Waals surface area contributed by atoms with E-state index in [0.29, 0.717) is 28.0 Å². The topological polar surface area (TPSA) is 96.4 Å². The molecule has 0 aliphatic heterocycles. The summed E-state index contributed by atoms with van der Waals surface area (Å²) in [6.45, 7) is 1.56. The first kappa shape index (κ1) is 17.6. The summed E-state index contributed by atoms with van der Waals surface area (Å²) in [6.07, 6.45) is 1.33. The molecule has 3 aromatic rings. The van der Waals surface area contributed by atoms with E-state index in [1.165, 1.54) is 25.6 Å². The summed E-state index contributed by atoms with van der Waals surface area (Å²) < 4.78 is 18.9. The number of nitrogens with one attached hydrogen (secondary N) is 2. The second-order valence-electron chi connectivity index (χ2n) is 5.68. The van der Waals surface area contributed by atoms with Gasteiger partial charge in [-0.3, -0.25) is 4.79 Å². The summed E-state index contributed by atoms with van der Waals surface area (Å²) in [6, 6.07) is 7.63. The molecule has 1 heterocycles. The second kappa shape index (κ2) is 7.32. The van der Waals surface area contributed by atoms with Gasteiger partial charge in [-0.25, -0.2) is 14.4 Å². The molecule has 1 aromatic heterocycles. The van der Waals surface area contributed by atoms with Crippen molar-refractivity contribution in [3.63, 3.8) is 0 Å². The third kappa shape index (κ3) is 3.70. The molecule has 0 saturated carbocycles. The van der Waals surface area contributed by atoms with Gasteiger partial charge in [0.05, 0.1) is 11.2 Å². The van der Waals surface area contributed by atoms with Gasteiger partial charge in [-0.05, 0) is 36.8 Å². The van der Waals surface area contributed by atoms with Crippen molar-refractivity contribution in [2.75, 3.05) is 24.4 Å². The Morgan fingerprint density at radius 1 is 1.27 bits per heavy atom. The molecule has 0 bridgehead atoms. The van der Waals surface area contributed by atoms with E-state index in [1.807, 2.05) is 0 Å². The van der Waals surface area contributed by atoms with Crippen molar-refractivity contribution in [3.05, 3.63) is 48.0 Å². The van der Waals surface area contributed by atoms with Gasteiger partial charge in [0.15, 0.2) is 0 Å². The standard InChI is InChI=1S/C18H17FN4O3/c1-10-5-13(19)15(7-16(10)24)23-18-12-4-3-11(22-17(25)8-26-2)6-14(12)20-9-21-18/h3-7,9,24H,8H2,1-2H3,(H,22,25)(H,20,21,23). The molecule has 0 aliphatic carbocycles. The van der Waals surface area contributed by atoms with Gasteiger partial charge < -0.3 is 20.5 Å². The normalized spacial score (nSPS) is 10.7. The molecule has 2 aromatic carbocycles. The highest BCUT2D eigenvalue weighted by molar-refractivity contribution is 5.97. The number of phenolic OH excluding ortho intramolecular Hbond substituents is 1. The Hall–Kier alpha value is -3.26. The quantitative estimate of drug-likeness (QED) is 0.650. The molecule has 0 saturated heterocycles. The number of aryl methyl sites for hydroxylation is 1. The number of hydrogen-bond donors (Lipinski definition) is 3. The first-order chi connectivity index (χ1) is 12.5. The number of phenols is 1. The number of aromatic nitrogens is 2.